The van der Waals surface area contributed by atoms with E-state index >= 15 is 0 Å². The second-order valence-corrected chi connectivity index (χ2v) is 4.77. The summed E-state index contributed by atoms with van der Waals surface area (Å²) in [5.41, 5.74) is 0.836. The van der Waals surface area contributed by atoms with Crippen LogP contribution in [-0.4, -0.2) is 28.7 Å². The van der Waals surface area contributed by atoms with Gasteiger partial charge in [0, 0.05) is 32.1 Å². The summed E-state index contributed by atoms with van der Waals surface area (Å²) in [4.78, 5) is 24.9. The predicted octanol–water partition coefficient (Wildman–Crippen LogP) is 1.21. The minimum Gasteiger partial charge on any atom is -0.370 e. The Kier molecular flexibility index (Phi) is 4.12. The van der Waals surface area contributed by atoms with E-state index in [2.05, 4.69) is 10.00 Å². The van der Waals surface area contributed by atoms with Gasteiger partial charge in [-0.15, -0.1) is 0 Å². The highest BCUT2D eigenvalue weighted by molar-refractivity contribution is 5.75. The Morgan fingerprint density at radius 3 is 2.72 bits per heavy atom. The first-order valence-electron chi connectivity index (χ1n) is 6.48. The third kappa shape index (κ3) is 3.18. The van der Waals surface area contributed by atoms with Crippen molar-refractivity contribution in [1.29, 1.82) is 0 Å². The molecule has 1 fully saturated rings. The second-order valence-electron chi connectivity index (χ2n) is 4.77. The first-order chi connectivity index (χ1) is 8.66. The maximum atomic E-state index is 11.9. The Hall–Kier alpha value is -1.65. The summed E-state index contributed by atoms with van der Waals surface area (Å²) in [6.07, 6.45) is 5.29. The fraction of sp³-hybridized carbons (Fsp3) is 0.615. The highest BCUT2D eigenvalue weighted by atomic mass is 16.1. The fourth-order valence-electron chi connectivity index (χ4n) is 2.22. The average molecular weight is 249 g/mol. The predicted molar refractivity (Wildman–Crippen MR) is 69.9 cm³/mol. The van der Waals surface area contributed by atoms with Crippen molar-refractivity contribution in [2.75, 3.05) is 18.0 Å². The van der Waals surface area contributed by atoms with Crippen molar-refractivity contribution < 1.29 is 4.79 Å². The number of aryl methyl sites for hydroxylation is 1. The normalized spacial score (nSPS) is 15.1. The van der Waals surface area contributed by atoms with Crippen LogP contribution in [0.4, 0.5) is 5.69 Å². The Morgan fingerprint density at radius 1 is 1.39 bits per heavy atom. The largest absolute Gasteiger partial charge is 0.370 e. The van der Waals surface area contributed by atoms with E-state index in [1.165, 1.54) is 17.5 Å². The summed E-state index contributed by atoms with van der Waals surface area (Å²) in [6, 6.07) is 1.64. The van der Waals surface area contributed by atoms with Gasteiger partial charge in [-0.25, -0.2) is 4.68 Å². The maximum Gasteiger partial charge on any atom is 0.268 e. The number of carbonyl (C=O) groups excluding carboxylic acids is 1. The van der Waals surface area contributed by atoms with Gasteiger partial charge in [-0.05, 0) is 26.2 Å². The lowest BCUT2D eigenvalue weighted by atomic mass is 10.2. The molecule has 0 N–H and O–H groups in total. The second kappa shape index (κ2) is 5.80. The van der Waals surface area contributed by atoms with E-state index in [1.54, 1.807) is 19.2 Å². The number of carbonyl (C=O) groups is 1. The molecule has 1 aliphatic heterocycles. The van der Waals surface area contributed by atoms with Crippen LogP contribution < -0.4 is 10.5 Å². The van der Waals surface area contributed by atoms with E-state index < -0.39 is 0 Å². The van der Waals surface area contributed by atoms with Gasteiger partial charge < -0.3 is 9.69 Å². The van der Waals surface area contributed by atoms with Gasteiger partial charge in [-0.1, -0.05) is 0 Å². The van der Waals surface area contributed by atoms with Gasteiger partial charge in [0.05, 0.1) is 11.9 Å². The molecule has 5 nitrogen and oxygen atoms in total. The number of aromatic nitrogens is 2. The van der Waals surface area contributed by atoms with E-state index in [0.29, 0.717) is 19.4 Å². The summed E-state index contributed by atoms with van der Waals surface area (Å²) in [7, 11) is 0. The highest BCUT2D eigenvalue weighted by Crippen LogP contribution is 2.16. The summed E-state index contributed by atoms with van der Waals surface area (Å²) >= 11 is 0. The molecule has 18 heavy (non-hydrogen) atoms. The molecule has 0 aliphatic carbocycles. The fourth-order valence-corrected chi connectivity index (χ4v) is 2.22. The van der Waals surface area contributed by atoms with Crippen molar-refractivity contribution >= 4 is 11.5 Å². The zero-order valence-corrected chi connectivity index (χ0v) is 10.8. The summed E-state index contributed by atoms with van der Waals surface area (Å²) in [5, 5.41) is 4.17. The Balaban J connectivity index is 2.00. The van der Waals surface area contributed by atoms with Gasteiger partial charge in [0.25, 0.3) is 5.56 Å². The monoisotopic (exact) mass is 249 g/mol. The number of Topliss-reactive ketones (excluding diaryl/α,β-unsaturated/α-hetero) is 1. The van der Waals surface area contributed by atoms with Crippen LogP contribution in [0.3, 0.4) is 0 Å². The SMILES string of the molecule is CC(=O)CCCn1ncc(N2CCCC2)cc1=O. The quantitative estimate of drug-likeness (QED) is 0.787. The summed E-state index contributed by atoms with van der Waals surface area (Å²) < 4.78 is 1.43. The molecule has 1 aliphatic rings. The van der Waals surface area contributed by atoms with Crippen LogP contribution in [0, 0.1) is 0 Å². The third-order valence-corrected chi connectivity index (χ3v) is 3.23. The molecule has 0 atom stereocenters. The number of ketones is 1. The molecule has 0 aromatic carbocycles. The Bertz CT molecular complexity index is 475. The van der Waals surface area contributed by atoms with E-state index in [9.17, 15) is 9.59 Å². The molecule has 0 saturated carbocycles. The van der Waals surface area contributed by atoms with Crippen LogP contribution in [-0.2, 0) is 11.3 Å². The van der Waals surface area contributed by atoms with Crippen LogP contribution in [0.1, 0.15) is 32.6 Å². The first kappa shape index (κ1) is 12.8. The number of nitrogens with zero attached hydrogens (tertiary/aromatic N) is 3. The smallest absolute Gasteiger partial charge is 0.268 e. The van der Waals surface area contributed by atoms with Gasteiger partial charge in [0.1, 0.15) is 5.78 Å². The molecule has 2 rings (SSSR count). The van der Waals surface area contributed by atoms with E-state index in [1.807, 2.05) is 0 Å². The van der Waals surface area contributed by atoms with Crippen molar-refractivity contribution in [3.05, 3.63) is 22.6 Å². The molecule has 98 valence electrons. The molecule has 1 aromatic rings. The molecular weight excluding hydrogens is 230 g/mol. The van der Waals surface area contributed by atoms with E-state index in [4.69, 9.17) is 0 Å². The number of hydrogen-bond acceptors (Lipinski definition) is 4. The van der Waals surface area contributed by atoms with Crippen molar-refractivity contribution in [2.45, 2.75) is 39.2 Å². The van der Waals surface area contributed by atoms with Crippen LogP contribution in [0.25, 0.3) is 0 Å². The van der Waals surface area contributed by atoms with Gasteiger partial charge in [-0.2, -0.15) is 5.10 Å². The van der Waals surface area contributed by atoms with Gasteiger partial charge in [0.2, 0.25) is 0 Å². The molecule has 0 bridgehead atoms. The minimum absolute atomic E-state index is 0.0806. The lowest BCUT2D eigenvalue weighted by Crippen LogP contribution is -2.26. The van der Waals surface area contributed by atoms with Crippen molar-refractivity contribution in [1.82, 2.24) is 9.78 Å². The first-order valence-corrected chi connectivity index (χ1v) is 6.48. The van der Waals surface area contributed by atoms with Crippen LogP contribution >= 0.6 is 0 Å². The van der Waals surface area contributed by atoms with Gasteiger partial charge >= 0.3 is 0 Å². The Morgan fingerprint density at radius 2 is 2.11 bits per heavy atom. The van der Waals surface area contributed by atoms with Crippen LogP contribution in [0.15, 0.2) is 17.1 Å². The summed E-state index contributed by atoms with van der Waals surface area (Å²) in [5.74, 6) is 0.150. The zero-order valence-electron chi connectivity index (χ0n) is 10.8. The molecule has 0 unspecified atom stereocenters. The van der Waals surface area contributed by atoms with Gasteiger partial charge in [0.15, 0.2) is 0 Å². The topological polar surface area (TPSA) is 55.2 Å². The lowest BCUT2D eigenvalue weighted by Gasteiger charge is -2.16. The van der Waals surface area contributed by atoms with E-state index in [-0.39, 0.29) is 11.3 Å². The average Bonchev–Trinajstić information content (AvgIpc) is 2.84. The Labute approximate surface area is 106 Å². The highest BCUT2D eigenvalue weighted by Gasteiger charge is 2.13. The molecule has 0 spiro atoms. The molecule has 1 saturated heterocycles. The standard InChI is InChI=1S/C13H19N3O2/c1-11(17)5-4-8-16-13(18)9-12(10-14-16)15-6-2-3-7-15/h9-10H,2-8H2,1H3. The third-order valence-electron chi connectivity index (χ3n) is 3.23. The van der Waals surface area contributed by atoms with Crippen LogP contribution in [0.5, 0.6) is 0 Å². The zero-order chi connectivity index (χ0) is 13.0. The number of anilines is 1. The van der Waals surface area contributed by atoms with Crippen molar-refractivity contribution in [2.24, 2.45) is 0 Å². The summed E-state index contributed by atoms with van der Waals surface area (Å²) in [6.45, 7) is 4.09. The van der Waals surface area contributed by atoms with Crippen LogP contribution in [0.2, 0.25) is 0 Å². The molecule has 2 heterocycles. The number of hydrogen-bond donors (Lipinski definition) is 0. The van der Waals surface area contributed by atoms with E-state index in [0.717, 1.165) is 18.8 Å². The van der Waals surface area contributed by atoms with Gasteiger partial charge in [-0.3, -0.25) is 4.79 Å². The molecule has 5 heteroatoms. The lowest BCUT2D eigenvalue weighted by molar-refractivity contribution is -0.117. The maximum absolute atomic E-state index is 11.9. The van der Waals surface area contributed by atoms with Crippen molar-refractivity contribution in [3.63, 3.8) is 0 Å². The molecule has 0 amide bonds. The van der Waals surface area contributed by atoms with Crippen molar-refractivity contribution in [3.8, 4) is 0 Å². The molecule has 1 aromatic heterocycles. The molecule has 0 radical (unpaired) electrons. The number of rotatable bonds is 5. The minimum atomic E-state index is -0.0806. The molecular formula is C13H19N3O2.